The molecule has 0 heterocycles. The van der Waals surface area contributed by atoms with Crippen molar-refractivity contribution in [3.8, 4) is 33.4 Å². The van der Waals surface area contributed by atoms with E-state index >= 15 is 0 Å². The van der Waals surface area contributed by atoms with Gasteiger partial charge in [-0.15, -0.1) is 0 Å². The van der Waals surface area contributed by atoms with E-state index in [9.17, 15) is 0 Å². The SMILES string of the molecule is C=Cc1c(C=C)c(-c2ccc(-c3ccccc3)cc2)c2ccccc2c1-c1ccccc1. The molecule has 0 nitrogen and oxygen atoms in total. The van der Waals surface area contributed by atoms with Crippen molar-refractivity contribution in [1.29, 1.82) is 0 Å². The highest BCUT2D eigenvalue weighted by molar-refractivity contribution is 6.11. The first-order valence-corrected chi connectivity index (χ1v) is 10.9. The fourth-order valence-electron chi connectivity index (χ4n) is 4.59. The quantitative estimate of drug-likeness (QED) is 0.272. The summed E-state index contributed by atoms with van der Waals surface area (Å²) in [6.07, 6.45) is 3.93. The highest BCUT2D eigenvalue weighted by atomic mass is 14.2. The summed E-state index contributed by atoms with van der Waals surface area (Å²) in [5, 5.41) is 2.45. The zero-order valence-electron chi connectivity index (χ0n) is 18.0. The molecule has 0 radical (unpaired) electrons. The third-order valence-electron chi connectivity index (χ3n) is 6.05. The first-order valence-electron chi connectivity index (χ1n) is 10.9. The average Bonchev–Trinajstić information content (AvgIpc) is 2.88. The molecule has 0 aliphatic heterocycles. The molecule has 0 aliphatic rings. The van der Waals surface area contributed by atoms with Crippen LogP contribution >= 0.6 is 0 Å². The molecule has 5 aromatic rings. The van der Waals surface area contributed by atoms with Crippen LogP contribution < -0.4 is 0 Å². The van der Waals surface area contributed by atoms with Crippen molar-refractivity contribution >= 4 is 22.9 Å². The van der Waals surface area contributed by atoms with E-state index in [0.717, 1.165) is 11.1 Å². The zero-order valence-corrected chi connectivity index (χ0v) is 18.0. The number of hydrogen-bond acceptors (Lipinski definition) is 0. The maximum absolute atomic E-state index is 4.18. The van der Waals surface area contributed by atoms with Gasteiger partial charge in [-0.2, -0.15) is 0 Å². The van der Waals surface area contributed by atoms with Gasteiger partial charge in [0.15, 0.2) is 0 Å². The number of rotatable bonds is 5. The molecule has 152 valence electrons. The van der Waals surface area contributed by atoms with Gasteiger partial charge in [-0.3, -0.25) is 0 Å². The van der Waals surface area contributed by atoms with E-state index in [1.807, 2.05) is 18.2 Å². The third kappa shape index (κ3) is 3.36. The Kier molecular flexibility index (Phi) is 5.27. The molecule has 0 fully saturated rings. The Bertz CT molecular complexity index is 1410. The zero-order chi connectivity index (χ0) is 21.9. The summed E-state index contributed by atoms with van der Waals surface area (Å²) in [6, 6.07) is 38.5. The molecule has 0 saturated heterocycles. The van der Waals surface area contributed by atoms with E-state index in [4.69, 9.17) is 0 Å². The lowest BCUT2D eigenvalue weighted by Crippen LogP contribution is -1.96. The maximum atomic E-state index is 4.18. The second-order valence-corrected chi connectivity index (χ2v) is 7.84. The second-order valence-electron chi connectivity index (χ2n) is 7.84. The minimum absolute atomic E-state index is 1.12. The molecule has 0 unspecified atom stereocenters. The molecule has 0 N–H and O–H groups in total. The first kappa shape index (κ1) is 19.8. The van der Waals surface area contributed by atoms with Crippen LogP contribution in [0.5, 0.6) is 0 Å². The van der Waals surface area contributed by atoms with Gasteiger partial charge in [0.1, 0.15) is 0 Å². The van der Waals surface area contributed by atoms with Crippen LogP contribution in [0.1, 0.15) is 11.1 Å². The van der Waals surface area contributed by atoms with Crippen LogP contribution in [-0.4, -0.2) is 0 Å². The van der Waals surface area contributed by atoms with E-state index in [1.54, 1.807) is 0 Å². The molecular formula is C32H24. The van der Waals surface area contributed by atoms with Crippen LogP contribution in [0.4, 0.5) is 0 Å². The number of benzene rings is 5. The van der Waals surface area contributed by atoms with Crippen molar-refractivity contribution < 1.29 is 0 Å². The van der Waals surface area contributed by atoms with E-state index in [-0.39, 0.29) is 0 Å². The molecule has 0 saturated carbocycles. The monoisotopic (exact) mass is 408 g/mol. The molecule has 0 aromatic heterocycles. The number of fused-ring (bicyclic) bond motifs is 1. The number of hydrogen-bond donors (Lipinski definition) is 0. The van der Waals surface area contributed by atoms with Gasteiger partial charge in [0, 0.05) is 0 Å². The standard InChI is InChI=1S/C32H24/c1-3-27-28(4-2)32(26-21-19-24(20-22-26)23-13-7-5-8-14-23)30-18-12-11-17-29(30)31(27)25-15-9-6-10-16-25/h3-22H,1-2H2. The van der Waals surface area contributed by atoms with Crippen LogP contribution in [0.2, 0.25) is 0 Å². The Morgan fingerprint density at radius 3 is 1.19 bits per heavy atom. The van der Waals surface area contributed by atoms with Gasteiger partial charge in [-0.1, -0.05) is 135 Å². The van der Waals surface area contributed by atoms with Gasteiger partial charge in [0.25, 0.3) is 0 Å². The lowest BCUT2D eigenvalue weighted by molar-refractivity contribution is 1.57. The molecule has 32 heavy (non-hydrogen) atoms. The van der Waals surface area contributed by atoms with Crippen molar-refractivity contribution in [1.82, 2.24) is 0 Å². The highest BCUT2D eigenvalue weighted by Crippen LogP contribution is 2.43. The highest BCUT2D eigenvalue weighted by Gasteiger charge is 2.18. The van der Waals surface area contributed by atoms with E-state index in [0.29, 0.717) is 0 Å². The molecule has 0 spiro atoms. The second kappa shape index (κ2) is 8.53. The van der Waals surface area contributed by atoms with Gasteiger partial charge >= 0.3 is 0 Å². The lowest BCUT2D eigenvalue weighted by Gasteiger charge is -2.20. The van der Waals surface area contributed by atoms with Crippen molar-refractivity contribution in [3.05, 3.63) is 133 Å². The molecule has 0 bridgehead atoms. The predicted molar refractivity (Wildman–Crippen MR) is 140 cm³/mol. The van der Waals surface area contributed by atoms with Crippen LogP contribution in [0, 0.1) is 0 Å². The van der Waals surface area contributed by atoms with Crippen LogP contribution in [0.25, 0.3) is 56.3 Å². The molecule has 0 amide bonds. The van der Waals surface area contributed by atoms with Gasteiger partial charge < -0.3 is 0 Å². The lowest BCUT2D eigenvalue weighted by atomic mass is 9.83. The summed E-state index contributed by atoms with van der Waals surface area (Å²) in [4.78, 5) is 0. The summed E-state index contributed by atoms with van der Waals surface area (Å²) < 4.78 is 0. The van der Waals surface area contributed by atoms with E-state index in [1.165, 1.54) is 44.2 Å². The Labute approximate surface area is 189 Å². The van der Waals surface area contributed by atoms with Gasteiger partial charge in [0.05, 0.1) is 0 Å². The molecular weight excluding hydrogens is 384 g/mol. The third-order valence-corrected chi connectivity index (χ3v) is 6.05. The summed E-state index contributed by atoms with van der Waals surface area (Å²) in [7, 11) is 0. The normalized spacial score (nSPS) is 10.8. The van der Waals surface area contributed by atoms with Gasteiger partial charge in [-0.25, -0.2) is 0 Å². The maximum Gasteiger partial charge on any atom is -0.00266 e. The van der Waals surface area contributed by atoms with Gasteiger partial charge in [-0.05, 0) is 55.3 Å². The Morgan fingerprint density at radius 1 is 0.375 bits per heavy atom. The minimum atomic E-state index is 1.12. The predicted octanol–water partition coefficient (Wildman–Crippen LogP) is 9.13. The Balaban J connectivity index is 1.79. The smallest absolute Gasteiger partial charge is 0.00266 e. The topological polar surface area (TPSA) is 0 Å². The largest absolute Gasteiger partial charge is 0.0984 e. The van der Waals surface area contributed by atoms with Crippen LogP contribution in [0.3, 0.4) is 0 Å². The fraction of sp³-hybridized carbons (Fsp3) is 0. The first-order chi connectivity index (χ1) is 15.8. The molecule has 5 aromatic carbocycles. The van der Waals surface area contributed by atoms with Crippen molar-refractivity contribution in [2.75, 3.05) is 0 Å². The Hall–Kier alpha value is -4.16. The van der Waals surface area contributed by atoms with Crippen molar-refractivity contribution in [3.63, 3.8) is 0 Å². The molecule has 0 heteroatoms. The molecule has 5 rings (SSSR count). The Morgan fingerprint density at radius 2 is 0.719 bits per heavy atom. The summed E-state index contributed by atoms with van der Waals surface area (Å²) in [5.74, 6) is 0. The van der Waals surface area contributed by atoms with E-state index in [2.05, 4.69) is 116 Å². The fourth-order valence-corrected chi connectivity index (χ4v) is 4.59. The average molecular weight is 409 g/mol. The van der Waals surface area contributed by atoms with Gasteiger partial charge in [0.2, 0.25) is 0 Å². The minimum Gasteiger partial charge on any atom is -0.0984 e. The molecule has 0 aliphatic carbocycles. The molecule has 0 atom stereocenters. The van der Waals surface area contributed by atoms with Crippen molar-refractivity contribution in [2.45, 2.75) is 0 Å². The van der Waals surface area contributed by atoms with Crippen LogP contribution in [-0.2, 0) is 0 Å². The van der Waals surface area contributed by atoms with Crippen LogP contribution in [0.15, 0.2) is 122 Å². The summed E-state index contributed by atoms with van der Waals surface area (Å²) >= 11 is 0. The summed E-state index contributed by atoms with van der Waals surface area (Å²) in [6.45, 7) is 8.36. The van der Waals surface area contributed by atoms with Crippen molar-refractivity contribution in [2.24, 2.45) is 0 Å². The van der Waals surface area contributed by atoms with E-state index < -0.39 is 0 Å². The summed E-state index contributed by atoms with van der Waals surface area (Å²) in [5.41, 5.74) is 9.44.